The normalized spacial score (nSPS) is 21.0. The molecule has 5 unspecified atom stereocenters. The molecule has 0 aliphatic heterocycles. The molecule has 5 atom stereocenters. The Morgan fingerprint density at radius 1 is 0.620 bits per heavy atom. The lowest BCUT2D eigenvalue weighted by atomic mass is 9.64. The van der Waals surface area contributed by atoms with Gasteiger partial charge in [-0.05, 0) is 49.5 Å². The predicted octanol–water partition coefficient (Wildman–Crippen LogP) is 12.0. The van der Waals surface area contributed by atoms with Crippen LogP contribution in [-0.4, -0.2) is 29.2 Å². The topological polar surface area (TPSA) is 66.8 Å². The summed E-state index contributed by atoms with van der Waals surface area (Å²) in [5.41, 5.74) is 1.47. The van der Waals surface area contributed by atoms with Gasteiger partial charge in [0.05, 0.1) is 12.0 Å². The molecule has 2 aromatic carbocycles. The predicted molar refractivity (Wildman–Crippen MR) is 208 cm³/mol. The number of unbranched alkanes of at least 4 members (excludes halogenated alkanes) is 18. The smallest absolute Gasteiger partial charge is 0.202 e. The minimum Gasteiger partial charge on any atom is -0.396 e. The van der Waals surface area contributed by atoms with Crippen LogP contribution in [0.5, 0.6) is 0 Å². The van der Waals surface area contributed by atoms with Gasteiger partial charge in [-0.3, -0.25) is 4.79 Å². The van der Waals surface area contributed by atoms with Crippen molar-refractivity contribution in [3.63, 3.8) is 0 Å². The first-order valence-corrected chi connectivity index (χ1v) is 21.1. The number of carbonyl (C=O) groups excluding carboxylic acids is 1. The molecule has 4 heteroatoms. The van der Waals surface area contributed by atoms with Gasteiger partial charge in [0, 0.05) is 24.5 Å². The fourth-order valence-corrected chi connectivity index (χ4v) is 9.29. The number of ketones is 1. The van der Waals surface area contributed by atoms with E-state index in [9.17, 15) is 9.90 Å². The Morgan fingerprint density at radius 3 is 1.52 bits per heavy atom. The molecular weight excluding hydrogens is 617 g/mol. The summed E-state index contributed by atoms with van der Waals surface area (Å²) in [6.07, 6.45) is 29.8. The van der Waals surface area contributed by atoms with Crippen LogP contribution in [-0.2, 0) is 20.7 Å². The molecule has 2 fully saturated rings. The first kappa shape index (κ1) is 40.8. The summed E-state index contributed by atoms with van der Waals surface area (Å²) in [6.45, 7) is 3.10. The number of carbonyl (C=O) groups is 1. The van der Waals surface area contributed by atoms with Gasteiger partial charge < -0.3 is 14.9 Å². The van der Waals surface area contributed by atoms with Crippen molar-refractivity contribution in [3.8, 4) is 0 Å². The summed E-state index contributed by atoms with van der Waals surface area (Å²) in [5.74, 6) is -0.0574. The molecule has 4 nitrogen and oxygen atoms in total. The summed E-state index contributed by atoms with van der Waals surface area (Å²) < 4.78 is 6.93. The van der Waals surface area contributed by atoms with E-state index in [-0.39, 0.29) is 5.92 Å². The second-order valence-corrected chi connectivity index (χ2v) is 16.1. The number of fused-ring (bicyclic) bond motifs is 2. The molecule has 2 aromatic rings. The summed E-state index contributed by atoms with van der Waals surface area (Å²) in [6, 6.07) is 20.9. The number of ether oxygens (including phenoxy) is 1. The van der Waals surface area contributed by atoms with E-state index >= 15 is 0 Å². The van der Waals surface area contributed by atoms with Crippen LogP contribution >= 0.6 is 0 Å². The third-order valence-corrected chi connectivity index (χ3v) is 12.4. The van der Waals surface area contributed by atoms with E-state index in [0.717, 1.165) is 56.9 Å². The Morgan fingerprint density at radius 2 is 1.08 bits per heavy atom. The van der Waals surface area contributed by atoms with Gasteiger partial charge in [0.15, 0.2) is 0 Å². The number of aliphatic hydroxyl groups excluding tert-OH is 1. The van der Waals surface area contributed by atoms with Crippen molar-refractivity contribution in [1.29, 1.82) is 0 Å². The van der Waals surface area contributed by atoms with Crippen molar-refractivity contribution < 1.29 is 19.7 Å². The summed E-state index contributed by atoms with van der Waals surface area (Å²) >= 11 is 0. The largest absolute Gasteiger partial charge is 0.396 e. The monoisotopic (exact) mass is 689 g/mol. The van der Waals surface area contributed by atoms with E-state index in [2.05, 4.69) is 49.4 Å². The molecule has 280 valence electrons. The highest BCUT2D eigenvalue weighted by Crippen LogP contribution is 2.52. The molecule has 0 aromatic heterocycles. The highest BCUT2D eigenvalue weighted by Gasteiger charge is 2.54. The van der Waals surface area contributed by atoms with Gasteiger partial charge in [-0.15, -0.1) is 0 Å². The molecule has 4 rings (SSSR count). The van der Waals surface area contributed by atoms with E-state index in [4.69, 9.17) is 9.84 Å². The Bertz CT molecular complexity index is 1170. The van der Waals surface area contributed by atoms with Gasteiger partial charge in [0.2, 0.25) is 5.79 Å². The minimum absolute atomic E-state index is 0.205. The molecule has 2 N–H and O–H groups in total. The number of hydrogen-bond acceptors (Lipinski definition) is 4. The van der Waals surface area contributed by atoms with Crippen molar-refractivity contribution in [1.82, 2.24) is 0 Å². The van der Waals surface area contributed by atoms with Crippen LogP contribution in [0.25, 0.3) is 0 Å². The van der Waals surface area contributed by atoms with Gasteiger partial charge >= 0.3 is 0 Å². The lowest BCUT2D eigenvalue weighted by Gasteiger charge is -2.49. The molecule has 0 saturated heterocycles. The van der Waals surface area contributed by atoms with Crippen LogP contribution in [0, 0.1) is 17.8 Å². The van der Waals surface area contributed by atoms with E-state index in [1.807, 2.05) is 18.2 Å². The molecule has 2 aliphatic rings. The van der Waals surface area contributed by atoms with Gasteiger partial charge in [-0.2, -0.15) is 0 Å². The van der Waals surface area contributed by atoms with Crippen LogP contribution < -0.4 is 0 Å². The van der Waals surface area contributed by atoms with Crippen molar-refractivity contribution in [2.45, 2.75) is 179 Å². The quantitative estimate of drug-likeness (QED) is 0.0659. The number of benzene rings is 2. The zero-order valence-corrected chi connectivity index (χ0v) is 31.8. The Kier molecular flexibility index (Phi) is 18.6. The number of rotatable bonds is 29. The van der Waals surface area contributed by atoms with Crippen LogP contribution in [0.3, 0.4) is 0 Å². The van der Waals surface area contributed by atoms with E-state index in [1.54, 1.807) is 0 Å². The zero-order chi connectivity index (χ0) is 35.3. The SMILES string of the molecule is CCCCC(CCCCCCCCCCCCCCCCCCCCO)(c1ccccc1)C(O)(OCC1CC2CC1CC2=O)c1ccccc1. The summed E-state index contributed by atoms with van der Waals surface area (Å²) in [4.78, 5) is 12.3. The van der Waals surface area contributed by atoms with Gasteiger partial charge in [0.25, 0.3) is 0 Å². The molecule has 0 heterocycles. The highest BCUT2D eigenvalue weighted by atomic mass is 16.6. The van der Waals surface area contributed by atoms with Crippen molar-refractivity contribution >= 4 is 5.78 Å². The molecule has 0 amide bonds. The maximum atomic E-state index is 13.1. The van der Waals surface area contributed by atoms with Crippen molar-refractivity contribution in [2.75, 3.05) is 13.2 Å². The lowest BCUT2D eigenvalue weighted by Crippen LogP contribution is -2.52. The molecule has 0 radical (unpaired) electrons. The molecule has 2 saturated carbocycles. The van der Waals surface area contributed by atoms with Crippen LogP contribution in [0.1, 0.15) is 179 Å². The van der Waals surface area contributed by atoms with Crippen LogP contribution in [0.15, 0.2) is 60.7 Å². The van der Waals surface area contributed by atoms with Crippen LogP contribution in [0.2, 0.25) is 0 Å². The lowest BCUT2D eigenvalue weighted by molar-refractivity contribution is -0.270. The fourth-order valence-electron chi connectivity index (χ4n) is 9.29. The number of Topliss-reactive ketones (excluding diaryl/α,β-unsaturated/α-hetero) is 1. The Labute approximate surface area is 306 Å². The van der Waals surface area contributed by atoms with Gasteiger partial charge in [-0.1, -0.05) is 190 Å². The first-order valence-electron chi connectivity index (χ1n) is 21.1. The Hall–Kier alpha value is -2.01. The average molecular weight is 689 g/mol. The fraction of sp³-hybridized carbons (Fsp3) is 0.717. The van der Waals surface area contributed by atoms with Gasteiger partial charge in [-0.25, -0.2) is 0 Å². The molecule has 50 heavy (non-hydrogen) atoms. The second-order valence-electron chi connectivity index (χ2n) is 16.1. The van der Waals surface area contributed by atoms with Crippen molar-refractivity contribution in [2.24, 2.45) is 17.8 Å². The highest BCUT2D eigenvalue weighted by molar-refractivity contribution is 5.84. The standard InChI is InChI=1S/C46H72O4/c1-2-3-32-45(42-28-22-20-23-29-42,33-26-18-16-14-12-10-8-6-4-5-7-9-11-13-15-17-19-27-34-47)46(49,43-30-24-21-25-31-43)50-38-41-36-40-35-39(41)37-44(40)48/h20-25,28-31,39-41,47,49H,2-19,26-27,32-38H2,1H3. The van der Waals surface area contributed by atoms with E-state index < -0.39 is 11.2 Å². The first-order chi connectivity index (χ1) is 24.5. The maximum Gasteiger partial charge on any atom is 0.202 e. The maximum absolute atomic E-state index is 13.1. The van der Waals surface area contributed by atoms with E-state index in [1.165, 1.54) is 108 Å². The Balaban J connectivity index is 1.26. The third kappa shape index (κ3) is 12.0. The molecule has 0 spiro atoms. The molecule has 2 aliphatic carbocycles. The van der Waals surface area contributed by atoms with Crippen LogP contribution in [0.4, 0.5) is 0 Å². The average Bonchev–Trinajstić information content (AvgIpc) is 3.73. The zero-order valence-electron chi connectivity index (χ0n) is 31.8. The van der Waals surface area contributed by atoms with Crippen molar-refractivity contribution in [3.05, 3.63) is 71.8 Å². The summed E-state index contributed by atoms with van der Waals surface area (Å²) in [7, 11) is 0. The second kappa shape index (κ2) is 22.8. The van der Waals surface area contributed by atoms with Gasteiger partial charge in [0.1, 0.15) is 5.78 Å². The molecule has 2 bridgehead atoms. The molecular formula is C46H72O4. The number of aliphatic hydroxyl groups is 2. The summed E-state index contributed by atoms with van der Waals surface area (Å²) in [5, 5.41) is 22.0. The minimum atomic E-state index is -1.45. The number of hydrogen-bond donors (Lipinski definition) is 2. The van der Waals surface area contributed by atoms with E-state index in [0.29, 0.717) is 37.3 Å². The third-order valence-electron chi connectivity index (χ3n) is 12.4.